The van der Waals surface area contributed by atoms with E-state index in [9.17, 15) is 14.4 Å². The molecular formula is C30H38N2O7. The summed E-state index contributed by atoms with van der Waals surface area (Å²) in [6.45, 7) is 5.38. The number of esters is 1. The SMILES string of the molecule is CCCN1C(=O)c2ccccc2C(C(=O)N2CCCC(C(=O)OCC)C2)C1c1cc(OC)c(OC)c(OC)c1. The highest BCUT2D eigenvalue weighted by atomic mass is 16.5. The van der Waals surface area contributed by atoms with Crippen LogP contribution in [0.1, 0.15) is 66.6 Å². The summed E-state index contributed by atoms with van der Waals surface area (Å²) in [6, 6.07) is 10.3. The van der Waals surface area contributed by atoms with Gasteiger partial charge in [-0.15, -0.1) is 0 Å². The van der Waals surface area contributed by atoms with Gasteiger partial charge in [0.25, 0.3) is 5.91 Å². The van der Waals surface area contributed by atoms with E-state index < -0.39 is 12.0 Å². The van der Waals surface area contributed by atoms with E-state index in [2.05, 4.69) is 0 Å². The van der Waals surface area contributed by atoms with Crippen molar-refractivity contribution < 1.29 is 33.3 Å². The van der Waals surface area contributed by atoms with Gasteiger partial charge in [-0.05, 0) is 55.5 Å². The van der Waals surface area contributed by atoms with Crippen molar-refractivity contribution in [3.8, 4) is 17.2 Å². The number of carbonyl (C=O) groups is 3. The van der Waals surface area contributed by atoms with E-state index in [-0.39, 0.29) is 23.7 Å². The molecule has 2 aliphatic heterocycles. The maximum Gasteiger partial charge on any atom is 0.310 e. The van der Waals surface area contributed by atoms with Crippen molar-refractivity contribution in [1.29, 1.82) is 0 Å². The largest absolute Gasteiger partial charge is 0.493 e. The van der Waals surface area contributed by atoms with Crippen LogP contribution in [-0.4, -0.2) is 75.2 Å². The second-order valence-electron chi connectivity index (χ2n) is 9.84. The van der Waals surface area contributed by atoms with Gasteiger partial charge in [0.2, 0.25) is 11.7 Å². The van der Waals surface area contributed by atoms with Crippen molar-refractivity contribution in [2.45, 2.75) is 45.1 Å². The first-order valence-corrected chi connectivity index (χ1v) is 13.5. The molecular weight excluding hydrogens is 500 g/mol. The van der Waals surface area contributed by atoms with Gasteiger partial charge < -0.3 is 28.7 Å². The molecule has 39 heavy (non-hydrogen) atoms. The Morgan fingerprint density at radius 3 is 2.31 bits per heavy atom. The number of fused-ring (bicyclic) bond motifs is 1. The van der Waals surface area contributed by atoms with Crippen molar-refractivity contribution in [3.63, 3.8) is 0 Å². The molecule has 2 aromatic carbocycles. The summed E-state index contributed by atoms with van der Waals surface area (Å²) in [5.41, 5.74) is 1.90. The molecule has 0 saturated carbocycles. The van der Waals surface area contributed by atoms with Crippen LogP contribution in [0.2, 0.25) is 0 Å². The van der Waals surface area contributed by atoms with Gasteiger partial charge in [0.1, 0.15) is 0 Å². The van der Waals surface area contributed by atoms with Crippen LogP contribution >= 0.6 is 0 Å². The Bertz CT molecular complexity index is 1190. The quantitative estimate of drug-likeness (QED) is 0.442. The molecule has 9 heteroatoms. The molecule has 0 aromatic heterocycles. The molecule has 0 N–H and O–H groups in total. The van der Waals surface area contributed by atoms with Crippen molar-refractivity contribution in [1.82, 2.24) is 9.80 Å². The lowest BCUT2D eigenvalue weighted by Gasteiger charge is -2.44. The van der Waals surface area contributed by atoms with E-state index in [1.165, 1.54) is 21.3 Å². The Balaban J connectivity index is 1.86. The van der Waals surface area contributed by atoms with Gasteiger partial charge >= 0.3 is 5.97 Å². The fraction of sp³-hybridized carbons (Fsp3) is 0.500. The van der Waals surface area contributed by atoms with E-state index in [4.69, 9.17) is 18.9 Å². The highest BCUT2D eigenvalue weighted by Gasteiger charge is 2.46. The van der Waals surface area contributed by atoms with Crippen LogP contribution in [0.4, 0.5) is 0 Å². The molecule has 0 spiro atoms. The van der Waals surface area contributed by atoms with Gasteiger partial charge in [-0.25, -0.2) is 0 Å². The molecule has 2 aliphatic rings. The monoisotopic (exact) mass is 538 g/mol. The van der Waals surface area contributed by atoms with Crippen molar-refractivity contribution >= 4 is 17.8 Å². The minimum Gasteiger partial charge on any atom is -0.493 e. The van der Waals surface area contributed by atoms with Crippen LogP contribution in [-0.2, 0) is 14.3 Å². The number of piperidine rings is 1. The average Bonchev–Trinajstić information content (AvgIpc) is 2.97. The minimum atomic E-state index is -0.686. The van der Waals surface area contributed by atoms with E-state index in [0.717, 1.165) is 0 Å². The molecule has 2 heterocycles. The fourth-order valence-electron chi connectivity index (χ4n) is 5.81. The first kappa shape index (κ1) is 28.3. The lowest BCUT2D eigenvalue weighted by molar-refractivity contribution is -0.151. The van der Waals surface area contributed by atoms with Gasteiger partial charge in [-0.2, -0.15) is 0 Å². The fourth-order valence-corrected chi connectivity index (χ4v) is 5.81. The molecule has 9 nitrogen and oxygen atoms in total. The highest BCUT2D eigenvalue weighted by Crippen LogP contribution is 2.48. The number of carbonyl (C=O) groups excluding carboxylic acids is 3. The minimum absolute atomic E-state index is 0.121. The zero-order chi connectivity index (χ0) is 28.1. The second kappa shape index (κ2) is 12.4. The summed E-state index contributed by atoms with van der Waals surface area (Å²) in [4.78, 5) is 44.4. The molecule has 1 fully saturated rings. The summed E-state index contributed by atoms with van der Waals surface area (Å²) in [7, 11) is 4.61. The predicted molar refractivity (Wildman–Crippen MR) is 145 cm³/mol. The normalized spacial score (nSPS) is 20.7. The zero-order valence-electron chi connectivity index (χ0n) is 23.4. The topological polar surface area (TPSA) is 94.6 Å². The van der Waals surface area contributed by atoms with Gasteiger partial charge in [-0.3, -0.25) is 14.4 Å². The maximum absolute atomic E-state index is 14.5. The summed E-state index contributed by atoms with van der Waals surface area (Å²) in [5.74, 6) is -0.249. The number of nitrogens with zero attached hydrogens (tertiary/aromatic N) is 2. The third-order valence-corrected chi connectivity index (χ3v) is 7.55. The number of hydrogen-bond acceptors (Lipinski definition) is 7. The van der Waals surface area contributed by atoms with Crippen molar-refractivity contribution in [2.24, 2.45) is 5.92 Å². The summed E-state index contributed by atoms with van der Waals surface area (Å²) < 4.78 is 22.0. The first-order valence-electron chi connectivity index (χ1n) is 13.5. The zero-order valence-corrected chi connectivity index (χ0v) is 23.4. The second-order valence-corrected chi connectivity index (χ2v) is 9.84. The Labute approximate surface area is 230 Å². The number of methoxy groups -OCH3 is 3. The lowest BCUT2D eigenvalue weighted by Crippen LogP contribution is -2.51. The van der Waals surface area contributed by atoms with Gasteiger partial charge in [0.15, 0.2) is 11.5 Å². The summed E-state index contributed by atoms with van der Waals surface area (Å²) in [5, 5.41) is 0. The standard InChI is InChI=1S/C30H38N2O7/c1-6-14-32-26(20-16-23(36-3)27(38-5)24(17-20)37-4)25(21-12-8-9-13-22(21)28(32)33)29(34)31-15-10-11-19(18-31)30(35)39-7-2/h8-9,12-13,16-17,19,25-26H,6-7,10-11,14-15,18H2,1-5H3. The van der Waals surface area contributed by atoms with E-state index in [1.807, 2.05) is 37.3 Å². The Morgan fingerprint density at radius 2 is 1.69 bits per heavy atom. The lowest BCUT2D eigenvalue weighted by atomic mass is 9.78. The number of amides is 2. The molecule has 2 aromatic rings. The van der Waals surface area contributed by atoms with Crippen LogP contribution in [0.15, 0.2) is 36.4 Å². The van der Waals surface area contributed by atoms with Gasteiger partial charge in [0, 0.05) is 25.2 Å². The number of ether oxygens (including phenoxy) is 4. The van der Waals surface area contributed by atoms with Gasteiger partial charge in [-0.1, -0.05) is 25.1 Å². The Morgan fingerprint density at radius 1 is 1.00 bits per heavy atom. The van der Waals surface area contributed by atoms with Crippen LogP contribution < -0.4 is 14.2 Å². The number of likely N-dealkylation sites (tertiary alicyclic amines) is 1. The number of rotatable bonds is 9. The van der Waals surface area contributed by atoms with Crippen LogP contribution in [0, 0.1) is 5.92 Å². The van der Waals surface area contributed by atoms with Crippen LogP contribution in [0.5, 0.6) is 17.2 Å². The van der Waals surface area contributed by atoms with E-state index >= 15 is 0 Å². The molecule has 0 aliphatic carbocycles. The third kappa shape index (κ3) is 5.40. The molecule has 2 amide bonds. The molecule has 0 radical (unpaired) electrons. The maximum atomic E-state index is 14.5. The molecule has 210 valence electrons. The van der Waals surface area contributed by atoms with Crippen molar-refractivity contribution in [3.05, 3.63) is 53.1 Å². The molecule has 4 rings (SSSR count). The number of hydrogen-bond donors (Lipinski definition) is 0. The van der Waals surface area contributed by atoms with Gasteiger partial charge in [0.05, 0.1) is 45.8 Å². The highest BCUT2D eigenvalue weighted by molar-refractivity contribution is 6.01. The third-order valence-electron chi connectivity index (χ3n) is 7.55. The van der Waals surface area contributed by atoms with E-state index in [0.29, 0.717) is 79.4 Å². The molecule has 3 atom stereocenters. The van der Waals surface area contributed by atoms with Crippen LogP contribution in [0.25, 0.3) is 0 Å². The predicted octanol–water partition coefficient (Wildman–Crippen LogP) is 4.20. The summed E-state index contributed by atoms with van der Waals surface area (Å²) >= 11 is 0. The molecule has 1 saturated heterocycles. The first-order chi connectivity index (χ1) is 18.9. The number of benzene rings is 2. The van der Waals surface area contributed by atoms with Crippen LogP contribution in [0.3, 0.4) is 0 Å². The van der Waals surface area contributed by atoms with E-state index in [1.54, 1.807) is 22.8 Å². The van der Waals surface area contributed by atoms with Crippen molar-refractivity contribution in [2.75, 3.05) is 47.6 Å². The summed E-state index contributed by atoms with van der Waals surface area (Å²) in [6.07, 6.45) is 2.10. The molecule has 3 unspecified atom stereocenters. The average molecular weight is 539 g/mol. The Kier molecular flexibility index (Phi) is 8.99. The molecule has 0 bridgehead atoms. The smallest absolute Gasteiger partial charge is 0.310 e. The Hall–Kier alpha value is -3.75.